The minimum absolute atomic E-state index is 0.0831. The van der Waals surface area contributed by atoms with E-state index in [1.807, 2.05) is 0 Å². The van der Waals surface area contributed by atoms with Gasteiger partial charge in [0.25, 0.3) is 0 Å². The monoisotopic (exact) mass is 296 g/mol. The lowest BCUT2D eigenvalue weighted by Crippen LogP contribution is -2.45. The fourth-order valence-corrected chi connectivity index (χ4v) is 5.70. The molecule has 0 bridgehead atoms. The molecule has 0 saturated heterocycles. The van der Waals surface area contributed by atoms with E-state index in [0.717, 1.165) is 25.7 Å². The third kappa shape index (κ3) is 3.60. The first-order chi connectivity index (χ1) is 8.05. The molecule has 106 valence electrons. The zero-order valence-electron chi connectivity index (χ0n) is 11.0. The van der Waals surface area contributed by atoms with E-state index in [0.29, 0.717) is 0 Å². The molecule has 0 amide bonds. The van der Waals surface area contributed by atoms with Crippen LogP contribution >= 0.6 is 10.7 Å². The second-order valence-electron chi connectivity index (χ2n) is 6.17. The number of aliphatic carboxylic acids is 1. The molecule has 0 aromatic heterocycles. The summed E-state index contributed by atoms with van der Waals surface area (Å²) in [5.41, 5.74) is -0.688. The summed E-state index contributed by atoms with van der Waals surface area (Å²) in [5, 5.41) is 8.36. The van der Waals surface area contributed by atoms with Crippen molar-refractivity contribution in [2.45, 2.75) is 51.7 Å². The standard InChI is InChI=1S/C12H21ClO4S/c1-12(2,3)10(18(13,16)17)9(11(14)15)8-6-4-5-7-8/h8-10H,4-7H2,1-3H3,(H,14,15). The Morgan fingerprint density at radius 3 is 2.00 bits per heavy atom. The van der Waals surface area contributed by atoms with Gasteiger partial charge in [0.1, 0.15) is 0 Å². The lowest BCUT2D eigenvalue weighted by molar-refractivity contribution is -0.144. The Morgan fingerprint density at radius 2 is 1.72 bits per heavy atom. The average molecular weight is 297 g/mol. The van der Waals surface area contributed by atoms with E-state index in [1.54, 1.807) is 20.8 Å². The molecule has 1 rings (SSSR count). The molecule has 1 aliphatic rings. The van der Waals surface area contributed by atoms with E-state index in [9.17, 15) is 18.3 Å². The van der Waals surface area contributed by atoms with Gasteiger partial charge in [-0.3, -0.25) is 4.79 Å². The van der Waals surface area contributed by atoms with Crippen LogP contribution in [0.25, 0.3) is 0 Å². The first kappa shape index (κ1) is 15.8. The molecular weight excluding hydrogens is 276 g/mol. The minimum atomic E-state index is -3.91. The van der Waals surface area contributed by atoms with Crippen molar-refractivity contribution in [3.05, 3.63) is 0 Å². The fourth-order valence-electron chi connectivity index (χ4n) is 3.03. The van der Waals surface area contributed by atoms with Gasteiger partial charge >= 0.3 is 5.97 Å². The lowest BCUT2D eigenvalue weighted by atomic mass is 9.77. The molecule has 1 saturated carbocycles. The quantitative estimate of drug-likeness (QED) is 0.810. The number of rotatable bonds is 4. The second-order valence-corrected chi connectivity index (χ2v) is 8.92. The topological polar surface area (TPSA) is 71.4 Å². The summed E-state index contributed by atoms with van der Waals surface area (Å²) in [5.74, 6) is -2.04. The molecule has 6 heteroatoms. The van der Waals surface area contributed by atoms with Gasteiger partial charge in [-0.1, -0.05) is 33.6 Å². The number of hydrogen-bond acceptors (Lipinski definition) is 3. The molecule has 4 nitrogen and oxygen atoms in total. The number of carboxylic acid groups (broad SMARTS) is 1. The van der Waals surface area contributed by atoms with Crippen LogP contribution in [0.2, 0.25) is 0 Å². The molecule has 1 fully saturated rings. The van der Waals surface area contributed by atoms with Crippen molar-refractivity contribution < 1.29 is 18.3 Å². The van der Waals surface area contributed by atoms with Gasteiger partial charge in [-0.05, 0) is 24.2 Å². The van der Waals surface area contributed by atoms with Crippen LogP contribution in [-0.2, 0) is 13.8 Å². The third-order valence-corrected chi connectivity index (χ3v) is 5.86. The summed E-state index contributed by atoms with van der Waals surface area (Å²) in [6.07, 6.45) is 3.48. The molecule has 2 atom stereocenters. The van der Waals surface area contributed by atoms with Gasteiger partial charge in [-0.25, -0.2) is 8.42 Å². The van der Waals surface area contributed by atoms with Crippen molar-refractivity contribution >= 4 is 25.7 Å². The van der Waals surface area contributed by atoms with Crippen molar-refractivity contribution in [3.8, 4) is 0 Å². The van der Waals surface area contributed by atoms with Crippen LogP contribution in [0.15, 0.2) is 0 Å². The summed E-state index contributed by atoms with van der Waals surface area (Å²) < 4.78 is 23.6. The van der Waals surface area contributed by atoms with Crippen molar-refractivity contribution in [2.24, 2.45) is 17.3 Å². The highest BCUT2D eigenvalue weighted by molar-refractivity contribution is 8.14. The maximum absolute atomic E-state index is 11.8. The average Bonchev–Trinajstić information content (AvgIpc) is 2.61. The van der Waals surface area contributed by atoms with Crippen molar-refractivity contribution in [3.63, 3.8) is 0 Å². The predicted octanol–water partition coefficient (Wildman–Crippen LogP) is 2.86. The normalized spacial score (nSPS) is 21.8. The van der Waals surface area contributed by atoms with Gasteiger partial charge in [0.15, 0.2) is 0 Å². The van der Waals surface area contributed by atoms with Crippen LogP contribution in [-0.4, -0.2) is 24.7 Å². The highest BCUT2D eigenvalue weighted by Crippen LogP contribution is 2.42. The summed E-state index contributed by atoms with van der Waals surface area (Å²) in [6.45, 7) is 5.17. The van der Waals surface area contributed by atoms with Gasteiger partial charge in [0.2, 0.25) is 9.05 Å². The van der Waals surface area contributed by atoms with Gasteiger partial charge < -0.3 is 5.11 Å². The highest BCUT2D eigenvalue weighted by atomic mass is 35.7. The summed E-state index contributed by atoms with van der Waals surface area (Å²) in [4.78, 5) is 11.5. The van der Waals surface area contributed by atoms with Crippen LogP contribution in [0.3, 0.4) is 0 Å². The molecule has 0 radical (unpaired) electrons. The van der Waals surface area contributed by atoms with Gasteiger partial charge in [0, 0.05) is 10.7 Å². The van der Waals surface area contributed by atoms with Crippen molar-refractivity contribution in [1.82, 2.24) is 0 Å². The van der Waals surface area contributed by atoms with Crippen LogP contribution < -0.4 is 0 Å². The highest BCUT2D eigenvalue weighted by Gasteiger charge is 2.48. The molecule has 0 aliphatic heterocycles. The predicted molar refractivity (Wildman–Crippen MR) is 71.1 cm³/mol. The summed E-state index contributed by atoms with van der Waals surface area (Å²) >= 11 is 0. The smallest absolute Gasteiger partial charge is 0.308 e. The SMILES string of the molecule is CC(C)(C)C(C(C(=O)O)C1CCCC1)S(=O)(=O)Cl. The van der Waals surface area contributed by atoms with E-state index in [2.05, 4.69) is 0 Å². The van der Waals surface area contributed by atoms with Crippen LogP contribution in [0.5, 0.6) is 0 Å². The Labute approximate surface area is 113 Å². The molecule has 2 unspecified atom stereocenters. The van der Waals surface area contributed by atoms with Crippen LogP contribution in [0, 0.1) is 17.3 Å². The Hall–Kier alpha value is -0.290. The van der Waals surface area contributed by atoms with E-state index in [4.69, 9.17) is 10.7 Å². The molecule has 1 N–H and O–H groups in total. The number of carboxylic acids is 1. The van der Waals surface area contributed by atoms with E-state index in [1.165, 1.54) is 0 Å². The lowest BCUT2D eigenvalue weighted by Gasteiger charge is -2.35. The first-order valence-corrected chi connectivity index (χ1v) is 8.58. The number of carbonyl (C=O) groups is 1. The maximum atomic E-state index is 11.8. The van der Waals surface area contributed by atoms with E-state index in [-0.39, 0.29) is 5.92 Å². The molecule has 18 heavy (non-hydrogen) atoms. The Bertz CT molecular complexity index is 404. The molecule has 0 aromatic rings. The Morgan fingerprint density at radius 1 is 1.28 bits per heavy atom. The Kier molecular flexibility index (Phi) is 4.70. The van der Waals surface area contributed by atoms with Crippen molar-refractivity contribution in [2.75, 3.05) is 0 Å². The van der Waals surface area contributed by atoms with E-state index < -0.39 is 31.6 Å². The third-order valence-electron chi connectivity index (χ3n) is 3.68. The van der Waals surface area contributed by atoms with Gasteiger partial charge in [0.05, 0.1) is 11.2 Å². The summed E-state index contributed by atoms with van der Waals surface area (Å²) in [6, 6.07) is 0. The Balaban J connectivity index is 3.18. The molecule has 0 spiro atoms. The molecular formula is C12H21ClO4S. The first-order valence-electron chi connectivity index (χ1n) is 6.21. The zero-order chi connectivity index (χ0) is 14.1. The van der Waals surface area contributed by atoms with Gasteiger partial charge in [-0.15, -0.1) is 0 Å². The van der Waals surface area contributed by atoms with Gasteiger partial charge in [-0.2, -0.15) is 0 Å². The van der Waals surface area contributed by atoms with Crippen molar-refractivity contribution in [1.29, 1.82) is 0 Å². The second kappa shape index (κ2) is 5.37. The fraction of sp³-hybridized carbons (Fsp3) is 0.917. The number of halogens is 1. The minimum Gasteiger partial charge on any atom is -0.481 e. The summed E-state index contributed by atoms with van der Waals surface area (Å²) in [7, 11) is 1.60. The van der Waals surface area contributed by atoms with Crippen LogP contribution in [0.1, 0.15) is 46.5 Å². The largest absolute Gasteiger partial charge is 0.481 e. The molecule has 0 aromatic carbocycles. The van der Waals surface area contributed by atoms with E-state index >= 15 is 0 Å². The zero-order valence-corrected chi connectivity index (χ0v) is 12.6. The number of hydrogen-bond donors (Lipinski definition) is 1. The maximum Gasteiger partial charge on any atom is 0.308 e. The molecule has 1 aliphatic carbocycles. The van der Waals surface area contributed by atoms with Crippen LogP contribution in [0.4, 0.5) is 0 Å². The molecule has 0 heterocycles.